The van der Waals surface area contributed by atoms with Crippen LogP contribution in [0.3, 0.4) is 0 Å². The van der Waals surface area contributed by atoms with Crippen LogP contribution in [0.2, 0.25) is 4.82 Å². The molecule has 1 fully saturated rings. The summed E-state index contributed by atoms with van der Waals surface area (Å²) in [4.78, 5) is 0.848. The Morgan fingerprint density at radius 1 is 1.29 bits per heavy atom. The number of ether oxygens (including phenoxy) is 1. The van der Waals surface area contributed by atoms with Gasteiger partial charge in [0.05, 0.1) is 0 Å². The molecule has 0 atom stereocenters. The minimum atomic E-state index is 0.848. The van der Waals surface area contributed by atoms with Gasteiger partial charge in [-0.25, -0.2) is 0 Å². The van der Waals surface area contributed by atoms with Crippen LogP contribution in [0.5, 0.6) is 0 Å². The van der Waals surface area contributed by atoms with Gasteiger partial charge in [-0.05, 0) is 0 Å². The van der Waals surface area contributed by atoms with E-state index in [0.717, 1.165) is 18.0 Å². The molecule has 0 radical (unpaired) electrons. The first-order chi connectivity index (χ1) is 3.39. The number of rotatable bonds is 0. The Morgan fingerprint density at radius 2 is 1.86 bits per heavy atom. The van der Waals surface area contributed by atoms with Crippen LogP contribution in [0.1, 0.15) is 12.8 Å². The molecule has 0 aromatic carbocycles. The predicted molar refractivity (Wildman–Crippen MR) is 31.0 cm³/mol. The van der Waals surface area contributed by atoms with E-state index in [0.29, 0.717) is 0 Å². The first-order valence-electron chi connectivity index (χ1n) is 2.65. The zero-order valence-electron chi connectivity index (χ0n) is 4.26. The first-order valence-corrected chi connectivity index (χ1v) is 3.74. The molecule has 0 aliphatic carbocycles. The van der Waals surface area contributed by atoms with Gasteiger partial charge in [0.15, 0.2) is 0 Å². The molecule has 0 aromatic rings. The molecule has 1 nitrogen and oxygen atoms in total. The summed E-state index contributed by atoms with van der Waals surface area (Å²) in [6, 6.07) is 0. The number of hydrogen-bond donors (Lipinski definition) is 0. The van der Waals surface area contributed by atoms with Gasteiger partial charge in [0, 0.05) is 0 Å². The summed E-state index contributed by atoms with van der Waals surface area (Å²) in [6.45, 7) is 1.94. The van der Waals surface area contributed by atoms with Crippen LogP contribution in [0.15, 0.2) is 0 Å². The van der Waals surface area contributed by atoms with Crippen LogP contribution in [0.4, 0.5) is 0 Å². The maximum absolute atomic E-state index is 5.13. The Morgan fingerprint density at radius 3 is 2.14 bits per heavy atom. The van der Waals surface area contributed by atoms with E-state index in [1.807, 2.05) is 0 Å². The van der Waals surface area contributed by atoms with Crippen LogP contribution in [-0.4, -0.2) is 29.2 Å². The van der Waals surface area contributed by atoms with Crippen molar-refractivity contribution in [1.29, 1.82) is 0 Å². The standard InChI is InChI=1S/C5H10OSe/c7-5-1-3-6-4-2-5/h5,7H,1-4H2. The second kappa shape index (κ2) is 2.71. The average molecular weight is 165 g/mol. The van der Waals surface area contributed by atoms with Crippen molar-refractivity contribution < 1.29 is 4.74 Å². The van der Waals surface area contributed by atoms with E-state index in [1.54, 1.807) is 0 Å². The van der Waals surface area contributed by atoms with Gasteiger partial charge in [-0.3, -0.25) is 0 Å². The fourth-order valence-electron chi connectivity index (χ4n) is 0.685. The van der Waals surface area contributed by atoms with Crippen LogP contribution in [0.25, 0.3) is 0 Å². The molecule has 7 heavy (non-hydrogen) atoms. The molecule has 1 rings (SSSR count). The third kappa shape index (κ3) is 1.81. The van der Waals surface area contributed by atoms with E-state index in [9.17, 15) is 0 Å². The van der Waals surface area contributed by atoms with Crippen molar-refractivity contribution in [3.05, 3.63) is 0 Å². The van der Waals surface area contributed by atoms with Crippen molar-refractivity contribution in [3.63, 3.8) is 0 Å². The number of hydrogen-bond acceptors (Lipinski definition) is 1. The summed E-state index contributed by atoms with van der Waals surface area (Å²) in [7, 11) is 0. The van der Waals surface area contributed by atoms with Gasteiger partial charge in [-0.15, -0.1) is 0 Å². The summed E-state index contributed by atoms with van der Waals surface area (Å²) in [5, 5.41) is 0. The molecule has 0 unspecified atom stereocenters. The van der Waals surface area contributed by atoms with Crippen LogP contribution in [0, 0.1) is 0 Å². The van der Waals surface area contributed by atoms with Gasteiger partial charge >= 0.3 is 51.6 Å². The topological polar surface area (TPSA) is 9.23 Å². The van der Waals surface area contributed by atoms with E-state index in [2.05, 4.69) is 16.0 Å². The SMILES string of the molecule is [SeH]C1CCOCC1. The molecular weight excluding hydrogens is 155 g/mol. The fourth-order valence-corrected chi connectivity index (χ4v) is 1.13. The molecule has 1 aliphatic heterocycles. The van der Waals surface area contributed by atoms with E-state index >= 15 is 0 Å². The second-order valence-electron chi connectivity index (χ2n) is 1.84. The average Bonchev–Trinajstić information content (AvgIpc) is 1.69. The summed E-state index contributed by atoms with van der Waals surface area (Å²) in [5.41, 5.74) is 0. The van der Waals surface area contributed by atoms with Crippen molar-refractivity contribution in [2.24, 2.45) is 0 Å². The van der Waals surface area contributed by atoms with Crippen LogP contribution < -0.4 is 0 Å². The van der Waals surface area contributed by atoms with E-state index in [1.165, 1.54) is 12.8 Å². The van der Waals surface area contributed by atoms with Crippen molar-refractivity contribution in [2.45, 2.75) is 17.7 Å². The van der Waals surface area contributed by atoms with Crippen molar-refractivity contribution in [2.75, 3.05) is 13.2 Å². The first kappa shape index (κ1) is 5.61. The van der Waals surface area contributed by atoms with E-state index in [-0.39, 0.29) is 0 Å². The monoisotopic (exact) mass is 166 g/mol. The molecule has 42 valence electrons. The van der Waals surface area contributed by atoms with Crippen LogP contribution in [-0.2, 0) is 4.74 Å². The van der Waals surface area contributed by atoms with Crippen molar-refractivity contribution in [3.8, 4) is 0 Å². The third-order valence-electron chi connectivity index (χ3n) is 1.19. The van der Waals surface area contributed by atoms with Gasteiger partial charge in [0.1, 0.15) is 0 Å². The summed E-state index contributed by atoms with van der Waals surface area (Å²) in [5.74, 6) is 0. The molecule has 1 saturated heterocycles. The molecule has 0 saturated carbocycles. The Kier molecular flexibility index (Phi) is 2.17. The van der Waals surface area contributed by atoms with E-state index < -0.39 is 0 Å². The molecule has 0 spiro atoms. The zero-order valence-corrected chi connectivity index (χ0v) is 6.14. The molecule has 2 heteroatoms. The van der Waals surface area contributed by atoms with Gasteiger partial charge in [0.2, 0.25) is 0 Å². The Bertz CT molecular complexity index is 50.0. The molecule has 0 N–H and O–H groups in total. The predicted octanol–water partition coefficient (Wildman–Crippen LogP) is 0.486. The fraction of sp³-hybridized carbons (Fsp3) is 1.00. The third-order valence-corrected chi connectivity index (χ3v) is 2.27. The Balaban J connectivity index is 2.12. The van der Waals surface area contributed by atoms with Gasteiger partial charge < -0.3 is 0 Å². The minimum absolute atomic E-state index is 0.848. The molecule has 0 bridgehead atoms. The quantitative estimate of drug-likeness (QED) is 0.474. The van der Waals surface area contributed by atoms with Gasteiger partial charge in [-0.2, -0.15) is 0 Å². The molecule has 0 aromatic heterocycles. The molecular formula is C5H10OSe. The van der Waals surface area contributed by atoms with Crippen molar-refractivity contribution >= 4 is 16.0 Å². The normalized spacial score (nSPS) is 25.3. The van der Waals surface area contributed by atoms with Gasteiger partial charge in [0.25, 0.3) is 0 Å². The second-order valence-corrected chi connectivity index (χ2v) is 3.38. The summed E-state index contributed by atoms with van der Waals surface area (Å²) >= 11 is 2.69. The summed E-state index contributed by atoms with van der Waals surface area (Å²) < 4.78 is 5.13. The molecule has 1 heterocycles. The molecule has 0 amide bonds. The van der Waals surface area contributed by atoms with Crippen LogP contribution >= 0.6 is 0 Å². The maximum atomic E-state index is 5.13. The Hall–Kier alpha value is 0.479. The van der Waals surface area contributed by atoms with Gasteiger partial charge in [-0.1, -0.05) is 0 Å². The van der Waals surface area contributed by atoms with E-state index in [4.69, 9.17) is 4.74 Å². The molecule has 1 aliphatic rings. The van der Waals surface area contributed by atoms with Crippen molar-refractivity contribution in [1.82, 2.24) is 0 Å². The summed E-state index contributed by atoms with van der Waals surface area (Å²) in [6.07, 6.45) is 2.47. The zero-order chi connectivity index (χ0) is 5.11. The Labute approximate surface area is 52.2 Å².